The van der Waals surface area contributed by atoms with Gasteiger partial charge < -0.3 is 9.88 Å². The van der Waals surface area contributed by atoms with Gasteiger partial charge in [-0.1, -0.05) is 60.3 Å². The number of rotatable bonds is 8. The number of carbonyl (C=O) groups is 1. The Balaban J connectivity index is 1.45. The molecule has 0 atom stereocenters. The Kier molecular flexibility index (Phi) is 6.07. The number of aromatic nitrogens is 3. The number of hydrogen-bond donors (Lipinski definition) is 1. The van der Waals surface area contributed by atoms with E-state index in [1.54, 1.807) is 11.3 Å². The number of thioether (sulfide) groups is 1. The van der Waals surface area contributed by atoms with Crippen LogP contribution in [0.2, 0.25) is 0 Å². The molecule has 2 aromatic heterocycles. The maximum atomic E-state index is 12.6. The van der Waals surface area contributed by atoms with Gasteiger partial charge in [-0.2, -0.15) is 0 Å². The molecule has 0 fully saturated rings. The van der Waals surface area contributed by atoms with Crippen LogP contribution >= 0.6 is 23.1 Å². The summed E-state index contributed by atoms with van der Waals surface area (Å²) in [6.45, 7) is 4.44. The van der Waals surface area contributed by atoms with Crippen molar-refractivity contribution in [2.24, 2.45) is 0 Å². The van der Waals surface area contributed by atoms with Crippen LogP contribution in [0.15, 0.2) is 77.8 Å². The predicted molar refractivity (Wildman–Crippen MR) is 121 cm³/mol. The van der Waals surface area contributed by atoms with E-state index >= 15 is 0 Å². The molecule has 4 rings (SSSR count). The summed E-state index contributed by atoms with van der Waals surface area (Å²) in [6.07, 6.45) is 2.54. The topological polar surface area (TPSA) is 59.8 Å². The molecule has 0 unspecified atom stereocenters. The zero-order chi connectivity index (χ0) is 20.1. The Labute approximate surface area is 177 Å². The van der Waals surface area contributed by atoms with Gasteiger partial charge in [0.25, 0.3) is 0 Å². The number of allylic oxidation sites excluding steroid dienone is 1. The number of amides is 1. The molecule has 0 aliphatic rings. The van der Waals surface area contributed by atoms with Crippen molar-refractivity contribution in [1.82, 2.24) is 14.8 Å². The molecule has 0 aliphatic heterocycles. The van der Waals surface area contributed by atoms with Crippen molar-refractivity contribution >= 4 is 45.5 Å². The van der Waals surface area contributed by atoms with Gasteiger partial charge in [0.15, 0.2) is 5.16 Å². The zero-order valence-electron chi connectivity index (χ0n) is 15.7. The van der Waals surface area contributed by atoms with Crippen LogP contribution in [0.5, 0.6) is 0 Å². The molecule has 4 aromatic rings. The first-order chi connectivity index (χ1) is 14.2. The van der Waals surface area contributed by atoms with Crippen LogP contribution in [-0.4, -0.2) is 26.4 Å². The monoisotopic (exact) mass is 420 g/mol. The molecule has 0 radical (unpaired) electrons. The van der Waals surface area contributed by atoms with E-state index in [9.17, 15) is 4.79 Å². The van der Waals surface area contributed by atoms with Crippen LogP contribution < -0.4 is 5.32 Å². The highest BCUT2D eigenvalue weighted by Crippen LogP contribution is 2.24. The molecule has 5 nitrogen and oxygen atoms in total. The third-order valence-corrected chi connectivity index (χ3v) is 6.26. The SMILES string of the molecule is C=CCn1c(Cc2cccs2)nnc1SCC(=O)Nc1cccc2ccccc12. The van der Waals surface area contributed by atoms with Crippen molar-refractivity contribution in [3.8, 4) is 0 Å². The Morgan fingerprint density at radius 3 is 2.83 bits per heavy atom. The number of thiophene rings is 1. The third kappa shape index (κ3) is 4.58. The van der Waals surface area contributed by atoms with Crippen LogP contribution in [0.4, 0.5) is 5.69 Å². The van der Waals surface area contributed by atoms with Crippen LogP contribution in [0.3, 0.4) is 0 Å². The Morgan fingerprint density at radius 2 is 2.00 bits per heavy atom. The first kappa shape index (κ1) is 19.4. The molecule has 0 saturated carbocycles. The van der Waals surface area contributed by atoms with Crippen molar-refractivity contribution < 1.29 is 4.79 Å². The van der Waals surface area contributed by atoms with Gasteiger partial charge >= 0.3 is 0 Å². The lowest BCUT2D eigenvalue weighted by Gasteiger charge is -2.09. The highest BCUT2D eigenvalue weighted by molar-refractivity contribution is 7.99. The lowest BCUT2D eigenvalue weighted by Crippen LogP contribution is -2.15. The van der Waals surface area contributed by atoms with Crippen molar-refractivity contribution in [1.29, 1.82) is 0 Å². The van der Waals surface area contributed by atoms with E-state index in [0.29, 0.717) is 6.54 Å². The van der Waals surface area contributed by atoms with Crippen LogP contribution in [0.1, 0.15) is 10.7 Å². The van der Waals surface area contributed by atoms with Gasteiger partial charge in [0, 0.05) is 28.9 Å². The molecule has 7 heteroatoms. The maximum absolute atomic E-state index is 12.6. The largest absolute Gasteiger partial charge is 0.325 e. The minimum absolute atomic E-state index is 0.0701. The number of fused-ring (bicyclic) bond motifs is 1. The zero-order valence-corrected chi connectivity index (χ0v) is 17.4. The molecular weight excluding hydrogens is 400 g/mol. The summed E-state index contributed by atoms with van der Waals surface area (Å²) in [5, 5.41) is 16.5. The molecule has 0 spiro atoms. The third-order valence-electron chi connectivity index (χ3n) is 4.41. The second kappa shape index (κ2) is 9.07. The molecule has 0 bridgehead atoms. The van der Waals surface area contributed by atoms with E-state index in [-0.39, 0.29) is 11.7 Å². The molecule has 0 aliphatic carbocycles. The minimum atomic E-state index is -0.0701. The molecule has 0 saturated heterocycles. The lowest BCUT2D eigenvalue weighted by atomic mass is 10.1. The summed E-state index contributed by atoms with van der Waals surface area (Å²) < 4.78 is 2.02. The van der Waals surface area contributed by atoms with Crippen LogP contribution in [0.25, 0.3) is 10.8 Å². The van der Waals surface area contributed by atoms with Gasteiger partial charge in [0.2, 0.25) is 5.91 Å². The molecular formula is C22H20N4OS2. The van der Waals surface area contributed by atoms with Crippen molar-refractivity contribution in [2.45, 2.75) is 18.1 Å². The van der Waals surface area contributed by atoms with E-state index < -0.39 is 0 Å². The van der Waals surface area contributed by atoms with Crippen molar-refractivity contribution in [2.75, 3.05) is 11.1 Å². The van der Waals surface area contributed by atoms with E-state index in [0.717, 1.165) is 33.9 Å². The second-order valence-electron chi connectivity index (χ2n) is 6.42. The molecule has 29 heavy (non-hydrogen) atoms. The van der Waals surface area contributed by atoms with E-state index in [4.69, 9.17) is 0 Å². The number of benzene rings is 2. The normalized spacial score (nSPS) is 10.9. The van der Waals surface area contributed by atoms with Crippen LogP contribution in [0, 0.1) is 0 Å². The van der Waals surface area contributed by atoms with Gasteiger partial charge in [-0.25, -0.2) is 0 Å². The van der Waals surface area contributed by atoms with Crippen molar-refractivity contribution in [3.05, 3.63) is 83.3 Å². The Bertz CT molecular complexity index is 1130. The summed E-state index contributed by atoms with van der Waals surface area (Å²) in [4.78, 5) is 13.8. The number of carbonyl (C=O) groups excluding carboxylic acids is 1. The number of anilines is 1. The number of hydrogen-bond acceptors (Lipinski definition) is 5. The summed E-state index contributed by atoms with van der Waals surface area (Å²) in [7, 11) is 0. The average molecular weight is 421 g/mol. The smallest absolute Gasteiger partial charge is 0.234 e. The summed E-state index contributed by atoms with van der Waals surface area (Å²) in [6, 6.07) is 18.0. The van der Waals surface area contributed by atoms with E-state index in [1.807, 2.05) is 59.2 Å². The van der Waals surface area contributed by atoms with Gasteiger partial charge in [-0.3, -0.25) is 4.79 Å². The summed E-state index contributed by atoms with van der Waals surface area (Å²) in [5.74, 6) is 1.07. The number of nitrogens with one attached hydrogen (secondary N) is 1. The summed E-state index contributed by atoms with van der Waals surface area (Å²) >= 11 is 3.08. The highest BCUT2D eigenvalue weighted by atomic mass is 32.2. The molecule has 146 valence electrons. The Morgan fingerprint density at radius 1 is 1.14 bits per heavy atom. The maximum Gasteiger partial charge on any atom is 0.234 e. The highest BCUT2D eigenvalue weighted by Gasteiger charge is 2.15. The quantitative estimate of drug-likeness (QED) is 0.322. The van der Waals surface area contributed by atoms with Gasteiger partial charge in [-0.05, 0) is 22.9 Å². The first-order valence-corrected chi connectivity index (χ1v) is 11.1. The molecule has 1 N–H and O–H groups in total. The van der Waals surface area contributed by atoms with E-state index in [1.165, 1.54) is 16.6 Å². The van der Waals surface area contributed by atoms with E-state index in [2.05, 4.69) is 33.5 Å². The molecule has 2 aromatic carbocycles. The van der Waals surface area contributed by atoms with Gasteiger partial charge in [0.05, 0.1) is 5.75 Å². The standard InChI is InChI=1S/C22H20N4OS2/c1-2-12-26-20(14-17-9-6-13-28-17)24-25-22(26)29-15-21(27)23-19-11-5-8-16-7-3-4-10-18(16)19/h2-11,13H,1,12,14-15H2,(H,23,27). The van der Waals surface area contributed by atoms with Crippen molar-refractivity contribution in [3.63, 3.8) is 0 Å². The van der Waals surface area contributed by atoms with Gasteiger partial charge in [-0.15, -0.1) is 28.1 Å². The molecule has 1 amide bonds. The second-order valence-corrected chi connectivity index (χ2v) is 8.39. The lowest BCUT2D eigenvalue weighted by molar-refractivity contribution is -0.113. The fourth-order valence-corrected chi connectivity index (χ4v) is 4.56. The fraction of sp³-hybridized carbons (Fsp3) is 0.136. The average Bonchev–Trinajstić information content (AvgIpc) is 3.38. The summed E-state index contributed by atoms with van der Waals surface area (Å²) in [5.41, 5.74) is 0.819. The fourth-order valence-electron chi connectivity index (χ4n) is 3.09. The molecule has 2 heterocycles. The predicted octanol–water partition coefficient (Wildman–Crippen LogP) is 5.00. The first-order valence-electron chi connectivity index (χ1n) is 9.20. The number of nitrogens with zero attached hydrogens (tertiary/aromatic N) is 3. The Hall–Kier alpha value is -2.90. The minimum Gasteiger partial charge on any atom is -0.325 e. The van der Waals surface area contributed by atoms with Crippen LogP contribution in [-0.2, 0) is 17.8 Å². The van der Waals surface area contributed by atoms with Gasteiger partial charge in [0.1, 0.15) is 5.82 Å².